The van der Waals surface area contributed by atoms with E-state index < -0.39 is 6.79 Å². The van der Waals surface area contributed by atoms with Crippen LogP contribution in [0.15, 0.2) is 67.3 Å². The Morgan fingerprint density at radius 3 is 1.95 bits per heavy atom. The quantitative estimate of drug-likeness (QED) is 0.108. The molecule has 0 aromatic heterocycles. The van der Waals surface area contributed by atoms with E-state index in [0.717, 1.165) is 37.7 Å². The van der Waals surface area contributed by atoms with Gasteiger partial charge in [-0.3, -0.25) is 4.79 Å². The predicted octanol–water partition coefficient (Wildman–Crippen LogP) is 5.91. The lowest BCUT2D eigenvalue weighted by Crippen LogP contribution is -1.99. The van der Waals surface area contributed by atoms with Gasteiger partial charge < -0.3 is 25.2 Å². The van der Waals surface area contributed by atoms with Crippen LogP contribution in [0.4, 0.5) is 0 Å². The highest BCUT2D eigenvalue weighted by Gasteiger charge is 2.07. The number of carbonyl (C=O) groups excluding carboxylic acids is 1. The summed E-state index contributed by atoms with van der Waals surface area (Å²) < 4.78 is 0. The molecule has 0 spiro atoms. The third kappa shape index (κ3) is 17.9. The summed E-state index contributed by atoms with van der Waals surface area (Å²) in [7, 11) is 0. The smallest absolute Gasteiger partial charge is 0.290 e. The fraction of sp³-hybridized carbons (Fsp3) is 0.419. The summed E-state index contributed by atoms with van der Waals surface area (Å²) in [6.45, 7) is 11.1. The van der Waals surface area contributed by atoms with E-state index >= 15 is 0 Å². The van der Waals surface area contributed by atoms with Crippen molar-refractivity contribution in [2.45, 2.75) is 71.1 Å². The van der Waals surface area contributed by atoms with Gasteiger partial charge in [-0.1, -0.05) is 93.3 Å². The third-order valence-corrected chi connectivity index (χ3v) is 5.65. The molecule has 6 nitrogen and oxygen atoms in total. The van der Waals surface area contributed by atoms with E-state index in [1.807, 2.05) is 12.9 Å². The minimum atomic E-state index is -0.750. The SMILES string of the molecule is C=CCCc1ccc(-c2ccc(CCC(=C)CO)c(CCCCCCC)c2)cc1.C=O.O=CO.OCO. The Morgan fingerprint density at radius 2 is 1.41 bits per heavy atom. The van der Waals surface area contributed by atoms with Crippen LogP contribution in [0.3, 0.4) is 0 Å². The van der Waals surface area contributed by atoms with E-state index in [1.54, 1.807) is 0 Å². The normalized spacial score (nSPS) is 9.41. The first-order valence-electron chi connectivity index (χ1n) is 12.7. The monoisotopic (exact) mass is 514 g/mol. The fourth-order valence-electron chi connectivity index (χ4n) is 3.72. The molecule has 0 unspecified atom stereocenters. The van der Waals surface area contributed by atoms with Gasteiger partial charge in [0.15, 0.2) is 0 Å². The largest absolute Gasteiger partial charge is 0.483 e. The summed E-state index contributed by atoms with van der Waals surface area (Å²) >= 11 is 0. The van der Waals surface area contributed by atoms with Crippen LogP contribution in [-0.4, -0.2) is 47.1 Å². The van der Waals surface area contributed by atoms with Crippen LogP contribution in [0.25, 0.3) is 11.1 Å². The maximum absolute atomic E-state index is 9.27. The number of aliphatic hydroxyl groups is 3. The van der Waals surface area contributed by atoms with Gasteiger partial charge in [0, 0.05) is 0 Å². The van der Waals surface area contributed by atoms with Crippen molar-refractivity contribution >= 4 is 13.3 Å². The minimum Gasteiger partial charge on any atom is -0.483 e. The zero-order chi connectivity index (χ0) is 28.3. The molecule has 2 aromatic rings. The number of unbranched alkanes of at least 4 members (excludes halogenated alkanes) is 4. The van der Waals surface area contributed by atoms with E-state index in [1.165, 1.54) is 59.9 Å². The van der Waals surface area contributed by atoms with Gasteiger partial charge in [0.2, 0.25) is 0 Å². The van der Waals surface area contributed by atoms with Crippen LogP contribution in [0.1, 0.15) is 68.6 Å². The summed E-state index contributed by atoms with van der Waals surface area (Å²) in [5.74, 6) is 0. The van der Waals surface area contributed by atoms with Crippen molar-refractivity contribution in [3.8, 4) is 11.1 Å². The second-order valence-electron chi connectivity index (χ2n) is 8.33. The first-order valence-corrected chi connectivity index (χ1v) is 12.7. The van der Waals surface area contributed by atoms with Crippen LogP contribution in [0.2, 0.25) is 0 Å². The molecule has 0 aliphatic carbocycles. The van der Waals surface area contributed by atoms with Crippen molar-refractivity contribution in [1.82, 2.24) is 0 Å². The highest BCUT2D eigenvalue weighted by Crippen LogP contribution is 2.26. The zero-order valence-corrected chi connectivity index (χ0v) is 22.4. The molecule has 6 heteroatoms. The summed E-state index contributed by atoms with van der Waals surface area (Å²) in [6.07, 6.45) is 13.5. The number of carbonyl (C=O) groups is 2. The number of rotatable bonds is 14. The van der Waals surface area contributed by atoms with Gasteiger partial charge in [0.25, 0.3) is 6.47 Å². The molecule has 0 aliphatic rings. The number of benzene rings is 2. The molecule has 37 heavy (non-hydrogen) atoms. The van der Waals surface area contributed by atoms with Gasteiger partial charge in [-0.05, 0) is 66.3 Å². The van der Waals surface area contributed by atoms with Crippen LogP contribution in [0, 0.1) is 0 Å². The average molecular weight is 515 g/mol. The molecule has 2 rings (SSSR count). The molecule has 0 saturated carbocycles. The Bertz CT molecular complexity index is 845. The second kappa shape index (κ2) is 26.0. The molecule has 0 aliphatic heterocycles. The first kappa shape index (κ1) is 36.1. The average Bonchev–Trinajstić information content (AvgIpc) is 2.93. The van der Waals surface area contributed by atoms with Gasteiger partial charge in [-0.15, -0.1) is 6.58 Å². The molecule has 0 atom stereocenters. The minimum absolute atomic E-state index is 0.0859. The highest BCUT2D eigenvalue weighted by atomic mass is 16.5. The Balaban J connectivity index is 0. The Hall–Kier alpha value is -3.06. The number of hydrogen-bond donors (Lipinski definition) is 4. The van der Waals surface area contributed by atoms with Gasteiger partial charge in [-0.2, -0.15) is 0 Å². The van der Waals surface area contributed by atoms with Gasteiger partial charge in [0.05, 0.1) is 6.61 Å². The summed E-state index contributed by atoms with van der Waals surface area (Å²) in [4.78, 5) is 16.4. The van der Waals surface area contributed by atoms with E-state index in [9.17, 15) is 5.11 Å². The molecular formula is C31H46O6. The number of allylic oxidation sites excluding steroid dienone is 1. The fourth-order valence-corrected chi connectivity index (χ4v) is 3.72. The standard InChI is InChI=1S/C28H38O.CH4O2.CH2O2.CH2O/c1-4-6-8-9-10-12-27-21-28(20-19-25(27)16-13-23(3)22-29)26-17-14-24(15-18-26)11-7-5-2;2*2-1-3;1-2/h5,14-15,17-21,29H,2-4,6-13,16,22H2,1H3;2-3H,1H2;1H,(H,2,3);1H2. The molecule has 206 valence electrons. The van der Waals surface area contributed by atoms with Crippen LogP contribution in [0.5, 0.6) is 0 Å². The predicted molar refractivity (Wildman–Crippen MR) is 153 cm³/mol. The summed E-state index contributed by atoms with van der Waals surface area (Å²) in [5, 5.41) is 30.4. The van der Waals surface area contributed by atoms with Gasteiger partial charge >= 0.3 is 0 Å². The molecule has 2 aromatic carbocycles. The van der Waals surface area contributed by atoms with Crippen LogP contribution >= 0.6 is 0 Å². The summed E-state index contributed by atoms with van der Waals surface area (Å²) in [6, 6.07) is 15.9. The Kier molecular flexibility index (Phi) is 25.4. The van der Waals surface area contributed by atoms with E-state index in [-0.39, 0.29) is 13.1 Å². The van der Waals surface area contributed by atoms with E-state index in [2.05, 4.69) is 62.5 Å². The number of carboxylic acid groups (broad SMARTS) is 1. The number of aryl methyl sites for hydroxylation is 3. The topological polar surface area (TPSA) is 115 Å². The molecule has 0 amide bonds. The maximum atomic E-state index is 9.27. The molecular weight excluding hydrogens is 468 g/mol. The first-order chi connectivity index (χ1) is 18.0. The van der Waals surface area contributed by atoms with Gasteiger partial charge in [-0.25, -0.2) is 0 Å². The highest BCUT2D eigenvalue weighted by molar-refractivity contribution is 5.65. The van der Waals surface area contributed by atoms with Gasteiger partial charge in [0.1, 0.15) is 13.6 Å². The summed E-state index contributed by atoms with van der Waals surface area (Å²) in [5.41, 5.74) is 7.73. The van der Waals surface area contributed by atoms with Crippen molar-refractivity contribution in [2.75, 3.05) is 13.4 Å². The van der Waals surface area contributed by atoms with Crippen molar-refractivity contribution in [3.63, 3.8) is 0 Å². The van der Waals surface area contributed by atoms with Crippen molar-refractivity contribution < 1.29 is 30.0 Å². The molecule has 0 bridgehead atoms. The lowest BCUT2D eigenvalue weighted by Gasteiger charge is -2.13. The maximum Gasteiger partial charge on any atom is 0.290 e. The Morgan fingerprint density at radius 1 is 0.838 bits per heavy atom. The van der Waals surface area contributed by atoms with E-state index in [4.69, 9.17) is 24.9 Å². The third-order valence-electron chi connectivity index (χ3n) is 5.65. The molecule has 4 N–H and O–H groups in total. The van der Waals surface area contributed by atoms with Crippen LogP contribution < -0.4 is 0 Å². The second-order valence-corrected chi connectivity index (χ2v) is 8.33. The molecule has 0 saturated heterocycles. The zero-order valence-electron chi connectivity index (χ0n) is 22.4. The molecule has 0 heterocycles. The molecule has 0 fully saturated rings. The van der Waals surface area contributed by atoms with Crippen LogP contribution in [-0.2, 0) is 28.9 Å². The lowest BCUT2D eigenvalue weighted by molar-refractivity contribution is -0.122. The number of aliphatic hydroxyl groups excluding tert-OH is 2. The lowest BCUT2D eigenvalue weighted by atomic mass is 9.92. The van der Waals surface area contributed by atoms with Crippen molar-refractivity contribution in [2.24, 2.45) is 0 Å². The van der Waals surface area contributed by atoms with Crippen molar-refractivity contribution in [3.05, 3.63) is 84.0 Å². The van der Waals surface area contributed by atoms with E-state index in [0.29, 0.717) is 0 Å². The number of hydrogen-bond acceptors (Lipinski definition) is 5. The Labute approximate surface area is 223 Å². The molecule has 0 radical (unpaired) electrons. The van der Waals surface area contributed by atoms with Crippen molar-refractivity contribution in [1.29, 1.82) is 0 Å².